The lowest BCUT2D eigenvalue weighted by molar-refractivity contribution is -0.130. The van der Waals surface area contributed by atoms with Crippen LogP contribution in [0.3, 0.4) is 0 Å². The van der Waals surface area contributed by atoms with Gasteiger partial charge in [0.05, 0.1) is 17.8 Å². The minimum absolute atomic E-state index is 0.104. The monoisotopic (exact) mass is 572 g/mol. The number of carbonyl (C=O) groups excluding carboxylic acids is 2. The zero-order chi connectivity index (χ0) is 29.8. The molecular weight excluding hydrogens is 540 g/mol. The van der Waals surface area contributed by atoms with Crippen LogP contribution in [0.25, 0.3) is 16.7 Å². The first-order valence-electron chi connectivity index (χ1n) is 14.4. The summed E-state index contributed by atoms with van der Waals surface area (Å²) in [5.74, 6) is 0.437. The molecule has 6 rings (SSSR count). The Hall–Kier alpha value is -5.31. The molecular formula is C34H32N6O3. The average Bonchev–Trinajstić information content (AvgIpc) is 3.04. The summed E-state index contributed by atoms with van der Waals surface area (Å²) in [5, 5.41) is 3.70. The van der Waals surface area contributed by atoms with Gasteiger partial charge in [-0.1, -0.05) is 60.7 Å². The van der Waals surface area contributed by atoms with Gasteiger partial charge in [-0.15, -0.1) is 0 Å². The first kappa shape index (κ1) is 27.8. The molecule has 0 spiro atoms. The van der Waals surface area contributed by atoms with Gasteiger partial charge >= 0.3 is 0 Å². The molecule has 1 fully saturated rings. The van der Waals surface area contributed by atoms with Crippen LogP contribution >= 0.6 is 0 Å². The molecule has 2 aromatic heterocycles. The van der Waals surface area contributed by atoms with Gasteiger partial charge < -0.3 is 15.1 Å². The Labute approximate surface area is 249 Å². The van der Waals surface area contributed by atoms with Crippen LogP contribution in [-0.4, -0.2) is 57.4 Å². The lowest BCUT2D eigenvalue weighted by atomic mass is 10.1. The summed E-state index contributed by atoms with van der Waals surface area (Å²) < 4.78 is 1.55. The second-order valence-electron chi connectivity index (χ2n) is 10.6. The predicted octanol–water partition coefficient (Wildman–Crippen LogP) is 3.91. The predicted molar refractivity (Wildman–Crippen MR) is 166 cm³/mol. The van der Waals surface area contributed by atoms with Crippen LogP contribution in [0.4, 0.5) is 5.95 Å². The number of nitrogens with zero attached hydrogens (tertiary/aromatic N) is 5. The van der Waals surface area contributed by atoms with E-state index in [9.17, 15) is 14.4 Å². The number of aromatic nitrogens is 3. The van der Waals surface area contributed by atoms with Crippen molar-refractivity contribution in [2.75, 3.05) is 31.1 Å². The lowest BCUT2D eigenvalue weighted by Crippen LogP contribution is -2.49. The molecule has 1 aliphatic rings. The highest BCUT2D eigenvalue weighted by atomic mass is 16.2. The highest BCUT2D eigenvalue weighted by Crippen LogP contribution is 2.22. The van der Waals surface area contributed by atoms with Crippen molar-refractivity contribution in [1.29, 1.82) is 0 Å². The SMILES string of the molecule is Cc1nc(N2CCN(C(=O)Cc3ccccc3)CC2)nc2c1ccc(=O)n2-c1ccc(C(=O)NCc2ccccc2)cc1. The molecule has 43 heavy (non-hydrogen) atoms. The molecule has 0 unspecified atom stereocenters. The molecule has 3 heterocycles. The molecule has 9 nitrogen and oxygen atoms in total. The summed E-state index contributed by atoms with van der Waals surface area (Å²) in [6, 6.07) is 29.7. The summed E-state index contributed by atoms with van der Waals surface area (Å²) in [6.07, 6.45) is 0.381. The Bertz CT molecular complexity index is 1810. The van der Waals surface area contributed by atoms with Crippen molar-refractivity contribution in [3.63, 3.8) is 0 Å². The van der Waals surface area contributed by atoms with Crippen molar-refractivity contribution in [2.45, 2.75) is 19.9 Å². The standard InChI is InChI=1S/C34H32N6O3/c1-24-29-16-17-30(41)40(28-14-12-27(13-15-28)33(43)35-23-26-10-6-3-7-11-26)32(29)37-34(36-24)39-20-18-38(19-21-39)31(42)22-25-8-4-2-5-9-25/h2-17H,18-23H2,1H3,(H,35,43). The molecule has 1 saturated heterocycles. The van der Waals surface area contributed by atoms with Gasteiger partial charge in [0.25, 0.3) is 11.5 Å². The van der Waals surface area contributed by atoms with E-state index in [4.69, 9.17) is 9.97 Å². The number of fused-ring (bicyclic) bond motifs is 1. The normalized spacial score (nSPS) is 13.2. The van der Waals surface area contributed by atoms with Gasteiger partial charge in [-0.3, -0.25) is 19.0 Å². The fourth-order valence-corrected chi connectivity index (χ4v) is 5.32. The van der Waals surface area contributed by atoms with Crippen LogP contribution in [0.2, 0.25) is 0 Å². The van der Waals surface area contributed by atoms with Crippen molar-refractivity contribution in [1.82, 2.24) is 24.8 Å². The molecule has 0 radical (unpaired) electrons. The number of amides is 2. The topological polar surface area (TPSA) is 100 Å². The second kappa shape index (κ2) is 12.3. The Morgan fingerprint density at radius 3 is 2.09 bits per heavy atom. The van der Waals surface area contributed by atoms with Gasteiger partial charge in [-0.05, 0) is 48.4 Å². The highest BCUT2D eigenvalue weighted by molar-refractivity contribution is 5.94. The summed E-state index contributed by atoms with van der Waals surface area (Å²) in [5.41, 5.74) is 4.15. The number of anilines is 1. The maximum absolute atomic E-state index is 13.1. The summed E-state index contributed by atoms with van der Waals surface area (Å²) in [7, 11) is 0. The third-order valence-corrected chi connectivity index (χ3v) is 7.73. The average molecular weight is 573 g/mol. The minimum Gasteiger partial charge on any atom is -0.348 e. The number of benzene rings is 3. The van der Waals surface area contributed by atoms with E-state index in [0.29, 0.717) is 62.0 Å². The number of aryl methyl sites for hydroxylation is 1. The van der Waals surface area contributed by atoms with E-state index in [-0.39, 0.29) is 17.4 Å². The molecule has 0 atom stereocenters. The molecule has 0 bridgehead atoms. The van der Waals surface area contributed by atoms with Crippen molar-refractivity contribution in [2.24, 2.45) is 0 Å². The van der Waals surface area contributed by atoms with E-state index < -0.39 is 0 Å². The van der Waals surface area contributed by atoms with Crippen molar-refractivity contribution < 1.29 is 9.59 Å². The molecule has 0 aliphatic carbocycles. The van der Waals surface area contributed by atoms with Crippen LogP contribution in [0, 0.1) is 6.92 Å². The molecule has 216 valence electrons. The quantitative estimate of drug-likeness (QED) is 0.318. The molecule has 9 heteroatoms. The maximum atomic E-state index is 13.1. The Morgan fingerprint density at radius 2 is 1.42 bits per heavy atom. The first-order valence-corrected chi connectivity index (χ1v) is 14.4. The summed E-state index contributed by atoms with van der Waals surface area (Å²) in [4.78, 5) is 52.3. The number of carbonyl (C=O) groups is 2. The summed E-state index contributed by atoms with van der Waals surface area (Å²) in [6.45, 7) is 4.66. The van der Waals surface area contributed by atoms with E-state index in [2.05, 4.69) is 10.2 Å². The van der Waals surface area contributed by atoms with Crippen molar-refractivity contribution in [3.8, 4) is 5.69 Å². The largest absolute Gasteiger partial charge is 0.348 e. The Kier molecular flexibility index (Phi) is 7.95. The van der Waals surface area contributed by atoms with Crippen LogP contribution < -0.4 is 15.8 Å². The number of rotatable bonds is 7. The second-order valence-corrected chi connectivity index (χ2v) is 10.6. The third kappa shape index (κ3) is 6.16. The van der Waals surface area contributed by atoms with Gasteiger partial charge in [0.1, 0.15) is 0 Å². The summed E-state index contributed by atoms with van der Waals surface area (Å²) >= 11 is 0. The zero-order valence-corrected chi connectivity index (χ0v) is 23.9. The smallest absolute Gasteiger partial charge is 0.256 e. The van der Waals surface area contributed by atoms with Gasteiger partial charge in [-0.25, -0.2) is 4.98 Å². The Balaban J connectivity index is 1.20. The van der Waals surface area contributed by atoms with Gasteiger partial charge in [0.15, 0.2) is 5.65 Å². The van der Waals surface area contributed by atoms with Crippen molar-refractivity contribution in [3.05, 3.63) is 130 Å². The molecule has 1 N–H and O–H groups in total. The van der Waals surface area contributed by atoms with Gasteiger partial charge in [0.2, 0.25) is 11.9 Å². The third-order valence-electron chi connectivity index (χ3n) is 7.73. The molecule has 0 saturated carbocycles. The molecule has 5 aromatic rings. The molecule has 2 amide bonds. The van der Waals surface area contributed by atoms with E-state index >= 15 is 0 Å². The minimum atomic E-state index is -0.228. The number of hydrogen-bond acceptors (Lipinski definition) is 6. The van der Waals surface area contributed by atoms with E-state index in [1.165, 1.54) is 6.07 Å². The molecule has 3 aromatic carbocycles. The zero-order valence-electron chi connectivity index (χ0n) is 23.9. The van der Waals surface area contributed by atoms with E-state index in [0.717, 1.165) is 22.2 Å². The fourth-order valence-electron chi connectivity index (χ4n) is 5.32. The van der Waals surface area contributed by atoms with E-state index in [1.807, 2.05) is 72.5 Å². The number of pyridine rings is 1. The fraction of sp³-hybridized carbons (Fsp3) is 0.206. The van der Waals surface area contributed by atoms with Gasteiger partial charge in [-0.2, -0.15) is 4.98 Å². The highest BCUT2D eigenvalue weighted by Gasteiger charge is 2.24. The maximum Gasteiger partial charge on any atom is 0.256 e. The number of piperazine rings is 1. The van der Waals surface area contributed by atoms with Crippen LogP contribution in [-0.2, 0) is 17.8 Å². The number of nitrogens with one attached hydrogen (secondary N) is 1. The van der Waals surface area contributed by atoms with Crippen molar-refractivity contribution >= 4 is 28.8 Å². The first-order chi connectivity index (χ1) is 21.0. The van der Waals surface area contributed by atoms with Crippen LogP contribution in [0.5, 0.6) is 0 Å². The van der Waals surface area contributed by atoms with E-state index in [1.54, 1.807) is 34.9 Å². The van der Waals surface area contributed by atoms with Gasteiger partial charge in [0, 0.05) is 49.7 Å². The lowest BCUT2D eigenvalue weighted by Gasteiger charge is -2.35. The molecule has 1 aliphatic heterocycles. The Morgan fingerprint density at radius 1 is 0.767 bits per heavy atom. The van der Waals surface area contributed by atoms with Crippen LogP contribution in [0.1, 0.15) is 27.2 Å². The van der Waals surface area contributed by atoms with Crippen LogP contribution in [0.15, 0.2) is 102 Å². The number of hydrogen-bond donors (Lipinski definition) is 1.